The second kappa shape index (κ2) is 23.7. The van der Waals surface area contributed by atoms with Crippen LogP contribution in [-0.2, 0) is 32.1 Å². The maximum absolute atomic E-state index is 12.4. The summed E-state index contributed by atoms with van der Waals surface area (Å²) in [6.07, 6.45) is -12.9. The molecule has 1 aliphatic rings. The fourth-order valence-corrected chi connectivity index (χ4v) is 4.81. The molecule has 0 spiro atoms. The van der Waals surface area contributed by atoms with Gasteiger partial charge in [-0.1, -0.05) is 19.1 Å². The lowest BCUT2D eigenvalue weighted by atomic mass is 10.0. The number of nitrogens with two attached hydrogens (primary N) is 1. The van der Waals surface area contributed by atoms with Crippen molar-refractivity contribution >= 4 is 46.1 Å². The molecule has 4 rings (SSSR count). The van der Waals surface area contributed by atoms with Crippen molar-refractivity contribution in [2.45, 2.75) is 52.3 Å². The molecule has 0 unspecified atom stereocenters. The van der Waals surface area contributed by atoms with E-state index in [0.717, 1.165) is 63.4 Å². The van der Waals surface area contributed by atoms with Crippen LogP contribution in [0.2, 0.25) is 0 Å². The van der Waals surface area contributed by atoms with Gasteiger partial charge < -0.3 is 45.9 Å². The van der Waals surface area contributed by atoms with Crippen LogP contribution in [0.4, 0.5) is 50.9 Å². The third-order valence-corrected chi connectivity index (χ3v) is 7.44. The normalized spacial score (nSPS) is 13.0. The van der Waals surface area contributed by atoms with Gasteiger partial charge in [0.15, 0.2) is 11.5 Å². The fraction of sp³-hybridized carbons (Fsp3) is 0.457. The summed E-state index contributed by atoms with van der Waals surface area (Å²) in [6.45, 7) is 13.2. The number of hydrogen-bond donors (Lipinski definition) is 6. The number of benzene rings is 2. The highest BCUT2D eigenvalue weighted by Gasteiger charge is 2.39. The van der Waals surface area contributed by atoms with Gasteiger partial charge in [-0.3, -0.25) is 14.7 Å². The Morgan fingerprint density at radius 3 is 1.76 bits per heavy atom. The number of alkyl halides is 9. The lowest BCUT2D eigenvalue weighted by Gasteiger charge is -2.26. The largest absolute Gasteiger partial charge is 0.490 e. The standard InChI is InChI=1S/C29H39N5O4.3C2HF3O2/c1-4-21-20(18-31-10-11-34-12-14-36-15-13-34)8-7-9-24(21)33-28-22-16-26(37-5-2)27(38-6-3)17-25(22)32-19-23(28)29(30)35;3*3-2(4,5)1(6)7/h7-9,16-17,19,31H,4-6,10-15,18H2,1-3H3,(H2,30,35)(H,32,33);3*(H,6,7). The van der Waals surface area contributed by atoms with Crippen molar-refractivity contribution in [3.63, 3.8) is 0 Å². The third-order valence-electron chi connectivity index (χ3n) is 7.44. The van der Waals surface area contributed by atoms with Gasteiger partial charge in [0.1, 0.15) is 0 Å². The van der Waals surface area contributed by atoms with E-state index >= 15 is 0 Å². The van der Waals surface area contributed by atoms with E-state index in [2.05, 4.69) is 33.5 Å². The first-order valence-electron chi connectivity index (χ1n) is 17.2. The molecule has 0 bridgehead atoms. The number of nitrogens with one attached hydrogen (secondary N) is 2. The van der Waals surface area contributed by atoms with E-state index in [1.165, 1.54) is 17.3 Å². The van der Waals surface area contributed by atoms with Crippen LogP contribution in [0.15, 0.2) is 36.5 Å². The molecule has 0 aliphatic carbocycles. The van der Waals surface area contributed by atoms with Crippen LogP contribution in [-0.4, -0.2) is 120 Å². The van der Waals surface area contributed by atoms with Gasteiger partial charge in [0.25, 0.3) is 5.91 Å². The second-order valence-corrected chi connectivity index (χ2v) is 11.6. The maximum atomic E-state index is 12.4. The predicted octanol–water partition coefficient (Wildman–Crippen LogP) is 5.76. The van der Waals surface area contributed by atoms with Gasteiger partial charge >= 0.3 is 36.4 Å². The van der Waals surface area contributed by atoms with Gasteiger partial charge in [0.05, 0.1) is 43.2 Å². The van der Waals surface area contributed by atoms with Gasteiger partial charge in [-0.2, -0.15) is 39.5 Å². The quantitative estimate of drug-likeness (QED) is 0.0889. The van der Waals surface area contributed by atoms with E-state index in [0.29, 0.717) is 41.5 Å². The Hall–Kier alpha value is -5.62. The summed E-state index contributed by atoms with van der Waals surface area (Å²) >= 11 is 0. The summed E-state index contributed by atoms with van der Waals surface area (Å²) in [4.78, 5) is 46.0. The van der Waals surface area contributed by atoms with Gasteiger partial charge in [0, 0.05) is 56.1 Å². The maximum Gasteiger partial charge on any atom is 0.490 e. The molecule has 1 amide bonds. The SMILES string of the molecule is CCOc1cc2ncc(C(N)=O)c(Nc3cccc(CNCCN4CCOCC4)c3CC)c2cc1OCC.O=C(O)C(F)(F)F.O=C(O)C(F)(F)F.O=C(O)C(F)(F)F. The van der Waals surface area contributed by atoms with Crippen molar-refractivity contribution in [2.24, 2.45) is 5.73 Å². The van der Waals surface area contributed by atoms with E-state index in [4.69, 9.17) is 49.6 Å². The number of amides is 1. The third kappa shape index (κ3) is 17.8. The first kappa shape index (κ1) is 51.4. The van der Waals surface area contributed by atoms with Crippen LogP contribution >= 0.6 is 0 Å². The number of carbonyl (C=O) groups excluding carboxylic acids is 1. The molecule has 1 aromatic heterocycles. The lowest BCUT2D eigenvalue weighted by Crippen LogP contribution is -2.40. The minimum Gasteiger partial charge on any atom is -0.490 e. The second-order valence-electron chi connectivity index (χ2n) is 11.6. The number of carbonyl (C=O) groups is 4. The molecule has 7 N–H and O–H groups in total. The van der Waals surface area contributed by atoms with E-state index in [1.54, 1.807) is 0 Å². The Balaban J connectivity index is 0.000000678. The predicted molar refractivity (Wildman–Crippen MR) is 192 cm³/mol. The van der Waals surface area contributed by atoms with Crippen LogP contribution in [0, 0.1) is 0 Å². The van der Waals surface area contributed by atoms with E-state index in [1.807, 2.05) is 38.1 Å². The van der Waals surface area contributed by atoms with Crippen LogP contribution < -0.4 is 25.8 Å². The summed E-state index contributed by atoms with van der Waals surface area (Å²) in [5.74, 6) is -7.60. The average molecular weight is 864 g/mol. The monoisotopic (exact) mass is 863 g/mol. The summed E-state index contributed by atoms with van der Waals surface area (Å²) in [7, 11) is 0. The van der Waals surface area contributed by atoms with Crippen LogP contribution in [0.1, 0.15) is 42.3 Å². The number of fused-ring (bicyclic) bond motifs is 1. The lowest BCUT2D eigenvalue weighted by molar-refractivity contribution is -0.193. The number of hydrogen-bond acceptors (Lipinski definition) is 11. The van der Waals surface area contributed by atoms with E-state index in [-0.39, 0.29) is 0 Å². The first-order chi connectivity index (χ1) is 27.4. The van der Waals surface area contributed by atoms with Crippen LogP contribution in [0.5, 0.6) is 11.5 Å². The number of anilines is 2. The van der Waals surface area contributed by atoms with Gasteiger partial charge in [-0.25, -0.2) is 14.4 Å². The number of aromatic nitrogens is 1. The molecule has 0 radical (unpaired) electrons. The molecule has 2 aromatic carbocycles. The Morgan fingerprint density at radius 1 is 0.831 bits per heavy atom. The molecule has 1 saturated heterocycles. The topological polar surface area (TPSA) is 223 Å². The number of aliphatic carboxylic acids is 3. The Kier molecular flexibility index (Phi) is 20.6. The minimum atomic E-state index is -5.08. The zero-order valence-electron chi connectivity index (χ0n) is 31.6. The summed E-state index contributed by atoms with van der Waals surface area (Å²) in [6, 6.07) is 9.92. The van der Waals surface area contributed by atoms with Crippen LogP contribution in [0.25, 0.3) is 10.9 Å². The Morgan fingerprint density at radius 2 is 1.32 bits per heavy atom. The molecule has 0 saturated carbocycles. The number of carboxylic acid groups (broad SMARTS) is 3. The van der Waals surface area contributed by atoms with E-state index < -0.39 is 42.3 Å². The summed E-state index contributed by atoms with van der Waals surface area (Å²) in [5.41, 5.74) is 10.7. The number of nitrogens with zero attached hydrogens (tertiary/aromatic N) is 2. The van der Waals surface area contributed by atoms with E-state index in [9.17, 15) is 44.3 Å². The molecule has 1 fully saturated rings. The van der Waals surface area contributed by atoms with Crippen molar-refractivity contribution in [3.05, 3.63) is 53.2 Å². The molecule has 1 aliphatic heterocycles. The van der Waals surface area contributed by atoms with Crippen molar-refractivity contribution in [1.82, 2.24) is 15.2 Å². The van der Waals surface area contributed by atoms with Crippen molar-refractivity contribution in [3.8, 4) is 11.5 Å². The number of carboxylic acids is 3. The molecular formula is C35H42F9N5O10. The van der Waals surface area contributed by atoms with Crippen molar-refractivity contribution in [1.29, 1.82) is 0 Å². The highest BCUT2D eigenvalue weighted by Crippen LogP contribution is 2.38. The van der Waals surface area contributed by atoms with Gasteiger partial charge in [-0.05, 0) is 43.5 Å². The van der Waals surface area contributed by atoms with Crippen molar-refractivity contribution < 1.29 is 88.2 Å². The highest BCUT2D eigenvalue weighted by atomic mass is 19.4. The first-order valence-corrected chi connectivity index (χ1v) is 17.2. The molecule has 330 valence electrons. The van der Waals surface area contributed by atoms with Gasteiger partial charge in [0.2, 0.25) is 0 Å². The summed E-state index contributed by atoms with van der Waals surface area (Å²) < 4.78 is 112. The Labute approximate surface area is 330 Å². The minimum absolute atomic E-state index is 0.320. The number of ether oxygens (including phenoxy) is 3. The molecule has 24 heteroatoms. The number of halogens is 9. The zero-order chi connectivity index (χ0) is 45.1. The number of pyridine rings is 1. The molecule has 15 nitrogen and oxygen atoms in total. The van der Waals surface area contributed by atoms with Crippen LogP contribution in [0.3, 0.4) is 0 Å². The number of morpholine rings is 1. The molecular weight excluding hydrogens is 821 g/mol. The molecule has 2 heterocycles. The van der Waals surface area contributed by atoms with Gasteiger partial charge in [-0.15, -0.1) is 0 Å². The highest BCUT2D eigenvalue weighted by molar-refractivity contribution is 6.08. The zero-order valence-corrected chi connectivity index (χ0v) is 31.6. The number of primary amides is 1. The Bertz CT molecular complexity index is 1800. The molecule has 59 heavy (non-hydrogen) atoms. The molecule has 3 aromatic rings. The van der Waals surface area contributed by atoms with Crippen molar-refractivity contribution in [2.75, 3.05) is 57.9 Å². The fourth-order valence-electron chi connectivity index (χ4n) is 4.81. The molecule has 0 atom stereocenters. The summed E-state index contributed by atoms with van der Waals surface area (Å²) in [5, 5.41) is 29.2. The smallest absolute Gasteiger partial charge is 0.490 e. The number of rotatable bonds is 13. The average Bonchev–Trinajstić information content (AvgIpc) is 3.14.